The third-order valence-electron chi connectivity index (χ3n) is 11.3. The van der Waals surface area contributed by atoms with E-state index in [1.54, 1.807) is 0 Å². The summed E-state index contributed by atoms with van der Waals surface area (Å²) in [5, 5.41) is 7.32. The largest absolute Gasteiger partial charge is 0.309 e. The highest BCUT2D eigenvalue weighted by Gasteiger charge is 2.24. The summed E-state index contributed by atoms with van der Waals surface area (Å²) in [6.45, 7) is 0. The molecule has 0 aliphatic heterocycles. The van der Waals surface area contributed by atoms with Gasteiger partial charge in [-0.25, -0.2) is 4.98 Å². The van der Waals surface area contributed by atoms with Gasteiger partial charge in [0.25, 0.3) is 0 Å². The van der Waals surface area contributed by atoms with E-state index in [9.17, 15) is 0 Å². The van der Waals surface area contributed by atoms with Gasteiger partial charge in [0, 0.05) is 67.4 Å². The molecule has 12 rings (SSSR count). The zero-order valence-electron chi connectivity index (χ0n) is 29.1. The first-order valence-corrected chi connectivity index (χ1v) is 18.4. The minimum absolute atomic E-state index is 0.971. The smallest absolute Gasteiger partial charge is 0.0801 e. The van der Waals surface area contributed by atoms with Gasteiger partial charge in [-0.3, -0.25) is 4.98 Å². The van der Waals surface area contributed by atoms with E-state index in [-0.39, 0.29) is 0 Å². The third-order valence-corrected chi connectivity index (χ3v) is 11.3. The summed E-state index contributed by atoms with van der Waals surface area (Å²) in [6.07, 6.45) is 3.83. The van der Waals surface area contributed by atoms with Crippen molar-refractivity contribution in [3.05, 3.63) is 182 Å². The lowest BCUT2D eigenvalue weighted by atomic mass is 9.99. The summed E-state index contributed by atoms with van der Waals surface area (Å²) in [4.78, 5) is 9.78. The summed E-state index contributed by atoms with van der Waals surface area (Å²) in [5.41, 5.74) is 16.1. The van der Waals surface area contributed by atoms with Crippen LogP contribution in [0.3, 0.4) is 0 Å². The SMILES string of the molecule is c1ccc(-n2c3ccccc3c3cc(-c4ccc5c(c4)c4cc(-c6cc7cccc8c7c(n6)-c6ccncc6-8)ccc4n5-c4ccccc4)ccc32)cc1. The van der Waals surface area contributed by atoms with Crippen LogP contribution in [-0.4, -0.2) is 19.1 Å². The maximum atomic E-state index is 5.34. The zero-order chi connectivity index (χ0) is 35.3. The Bertz CT molecular complexity index is 3320. The average Bonchev–Trinajstić information content (AvgIpc) is 3.87. The van der Waals surface area contributed by atoms with Gasteiger partial charge in [0.1, 0.15) is 0 Å². The third kappa shape index (κ3) is 4.13. The minimum Gasteiger partial charge on any atom is -0.309 e. The number of fused-ring (bicyclic) bond motifs is 9. The number of rotatable bonds is 4. The van der Waals surface area contributed by atoms with Gasteiger partial charge in [-0.15, -0.1) is 0 Å². The molecular weight excluding hydrogens is 657 g/mol. The van der Waals surface area contributed by atoms with E-state index in [2.05, 4.69) is 184 Å². The molecular formula is C50H30N4. The highest BCUT2D eigenvalue weighted by molar-refractivity contribution is 6.16. The van der Waals surface area contributed by atoms with Crippen molar-refractivity contribution in [3.63, 3.8) is 0 Å². The van der Waals surface area contributed by atoms with Crippen LogP contribution in [0.15, 0.2) is 182 Å². The molecule has 0 atom stereocenters. The van der Waals surface area contributed by atoms with Gasteiger partial charge in [0.2, 0.25) is 0 Å². The lowest BCUT2D eigenvalue weighted by Crippen LogP contribution is -1.93. The minimum atomic E-state index is 0.971. The van der Waals surface area contributed by atoms with Crippen molar-refractivity contribution >= 4 is 54.4 Å². The van der Waals surface area contributed by atoms with E-state index < -0.39 is 0 Å². The molecule has 4 nitrogen and oxygen atoms in total. The summed E-state index contributed by atoms with van der Waals surface area (Å²) < 4.78 is 4.76. The van der Waals surface area contributed by atoms with Gasteiger partial charge in [0.15, 0.2) is 0 Å². The molecule has 4 heteroatoms. The molecule has 4 aromatic heterocycles. The summed E-state index contributed by atoms with van der Waals surface area (Å²) in [6, 6.07) is 61.6. The van der Waals surface area contributed by atoms with Gasteiger partial charge in [-0.2, -0.15) is 0 Å². The van der Waals surface area contributed by atoms with E-state index in [4.69, 9.17) is 4.98 Å². The van der Waals surface area contributed by atoms with E-state index in [1.165, 1.54) is 76.8 Å². The van der Waals surface area contributed by atoms with Crippen LogP contribution < -0.4 is 0 Å². The second-order valence-electron chi connectivity index (χ2n) is 14.2. The topological polar surface area (TPSA) is 35.6 Å². The Balaban J connectivity index is 1.07. The van der Waals surface area contributed by atoms with Crippen LogP contribution in [-0.2, 0) is 0 Å². The maximum absolute atomic E-state index is 5.34. The van der Waals surface area contributed by atoms with Crippen LogP contribution >= 0.6 is 0 Å². The fourth-order valence-corrected chi connectivity index (χ4v) is 8.92. The second-order valence-corrected chi connectivity index (χ2v) is 14.2. The van der Waals surface area contributed by atoms with Gasteiger partial charge in [-0.1, -0.05) is 91.0 Å². The number of benzene rings is 7. The van der Waals surface area contributed by atoms with Crippen molar-refractivity contribution < 1.29 is 0 Å². The Labute approximate surface area is 310 Å². The summed E-state index contributed by atoms with van der Waals surface area (Å²) in [5.74, 6) is 0. The molecule has 4 heterocycles. The van der Waals surface area contributed by atoms with Gasteiger partial charge in [0.05, 0.1) is 33.5 Å². The molecule has 0 saturated heterocycles. The number of aromatic nitrogens is 4. The van der Waals surface area contributed by atoms with Crippen molar-refractivity contribution in [2.45, 2.75) is 0 Å². The fraction of sp³-hybridized carbons (Fsp3) is 0. The molecule has 1 aliphatic carbocycles. The van der Waals surface area contributed by atoms with Crippen LogP contribution in [0, 0.1) is 0 Å². The predicted molar refractivity (Wildman–Crippen MR) is 224 cm³/mol. The van der Waals surface area contributed by atoms with Gasteiger partial charge < -0.3 is 9.13 Å². The van der Waals surface area contributed by atoms with Gasteiger partial charge >= 0.3 is 0 Å². The summed E-state index contributed by atoms with van der Waals surface area (Å²) >= 11 is 0. The zero-order valence-corrected chi connectivity index (χ0v) is 29.1. The first kappa shape index (κ1) is 29.3. The number of pyridine rings is 2. The Morgan fingerprint density at radius 1 is 0.389 bits per heavy atom. The van der Waals surface area contributed by atoms with Gasteiger partial charge in [-0.05, 0) is 101 Å². The van der Waals surface area contributed by atoms with E-state index in [1.807, 2.05) is 12.4 Å². The van der Waals surface area contributed by atoms with E-state index in [0.717, 1.165) is 33.8 Å². The first-order valence-electron chi connectivity index (χ1n) is 18.4. The molecule has 54 heavy (non-hydrogen) atoms. The van der Waals surface area contributed by atoms with Crippen LogP contribution in [0.2, 0.25) is 0 Å². The lowest BCUT2D eigenvalue weighted by Gasteiger charge is -2.09. The predicted octanol–water partition coefficient (Wildman–Crippen LogP) is 12.8. The molecule has 0 unspecified atom stereocenters. The normalized spacial score (nSPS) is 12.1. The maximum Gasteiger partial charge on any atom is 0.0801 e. The van der Waals surface area contributed by atoms with Crippen molar-refractivity contribution in [2.24, 2.45) is 0 Å². The van der Waals surface area contributed by atoms with Crippen molar-refractivity contribution in [1.29, 1.82) is 0 Å². The Kier molecular flexibility index (Phi) is 6.02. The number of hydrogen-bond acceptors (Lipinski definition) is 2. The highest BCUT2D eigenvalue weighted by Crippen LogP contribution is 2.47. The van der Waals surface area contributed by atoms with E-state index in [0.29, 0.717) is 0 Å². The molecule has 0 N–H and O–H groups in total. The van der Waals surface area contributed by atoms with Crippen LogP contribution in [0.25, 0.3) is 111 Å². The van der Waals surface area contributed by atoms with Crippen LogP contribution in [0.5, 0.6) is 0 Å². The molecule has 0 fully saturated rings. The van der Waals surface area contributed by atoms with Crippen LogP contribution in [0.1, 0.15) is 0 Å². The van der Waals surface area contributed by atoms with Crippen molar-refractivity contribution in [1.82, 2.24) is 19.1 Å². The Morgan fingerprint density at radius 2 is 0.963 bits per heavy atom. The standard InChI is InChI=1S/C50H30N4/c1-3-11-35(12-4-1)53-45-17-8-7-15-37(45)40-26-31(18-21-46(40)53)32-19-22-47-41(27-32)42-28-33(20-23-48(42)54(47)36-13-5-2-6-14-36)44-29-34-10-9-16-38-43-30-51-25-24-39(43)50(52-44)49(34)38/h1-30H. The molecule has 250 valence electrons. The average molecular weight is 687 g/mol. The molecule has 0 bridgehead atoms. The molecule has 0 amide bonds. The molecule has 0 saturated carbocycles. The molecule has 11 aromatic rings. The second kappa shape index (κ2) is 11.1. The molecule has 1 aliphatic rings. The van der Waals surface area contributed by atoms with E-state index >= 15 is 0 Å². The quantitative estimate of drug-likeness (QED) is 0.185. The fourth-order valence-electron chi connectivity index (χ4n) is 8.92. The monoisotopic (exact) mass is 686 g/mol. The number of hydrogen-bond donors (Lipinski definition) is 0. The number of nitrogens with zero attached hydrogens (tertiary/aromatic N) is 4. The molecule has 0 radical (unpaired) electrons. The number of para-hydroxylation sites is 3. The van der Waals surface area contributed by atoms with Crippen LogP contribution in [0.4, 0.5) is 0 Å². The highest BCUT2D eigenvalue weighted by atomic mass is 15.0. The van der Waals surface area contributed by atoms with Crippen molar-refractivity contribution in [3.8, 4) is 56.1 Å². The molecule has 7 aromatic carbocycles. The lowest BCUT2D eigenvalue weighted by molar-refractivity contribution is 1.18. The molecule has 0 spiro atoms. The Morgan fingerprint density at radius 3 is 1.65 bits per heavy atom. The summed E-state index contributed by atoms with van der Waals surface area (Å²) in [7, 11) is 0. The van der Waals surface area contributed by atoms with Crippen molar-refractivity contribution in [2.75, 3.05) is 0 Å². The first-order chi connectivity index (χ1) is 26.8. The Hall–Kier alpha value is -7.30.